The van der Waals surface area contributed by atoms with E-state index < -0.39 is 18.5 Å². The summed E-state index contributed by atoms with van der Waals surface area (Å²) < 4.78 is 4.96. The van der Waals surface area contributed by atoms with Gasteiger partial charge in [0, 0.05) is 24.1 Å². The third-order valence-corrected chi connectivity index (χ3v) is 4.38. The molecule has 2 amide bonds. The molecule has 2 aromatic rings. The van der Waals surface area contributed by atoms with Crippen molar-refractivity contribution in [3.05, 3.63) is 65.2 Å². The smallest absolute Gasteiger partial charge is 0.331 e. The Bertz CT molecular complexity index is 926. The van der Waals surface area contributed by atoms with Crippen molar-refractivity contribution in [2.75, 3.05) is 23.4 Å². The number of benzene rings is 2. The van der Waals surface area contributed by atoms with Gasteiger partial charge in [0.1, 0.15) is 0 Å². The Morgan fingerprint density at radius 2 is 2.00 bits per heavy atom. The fraction of sp³-hybridized carbons (Fsp3) is 0.190. The summed E-state index contributed by atoms with van der Waals surface area (Å²) in [5.74, 6) is -1.10. The Kier molecular flexibility index (Phi) is 6.45. The van der Waals surface area contributed by atoms with Gasteiger partial charge in [0.05, 0.1) is 11.4 Å². The van der Waals surface area contributed by atoms with E-state index in [-0.39, 0.29) is 5.91 Å². The highest BCUT2D eigenvalue weighted by atomic mass is 35.5. The summed E-state index contributed by atoms with van der Waals surface area (Å²) >= 11 is 5.88. The molecular formula is C21H19ClN2O4. The second-order valence-corrected chi connectivity index (χ2v) is 6.65. The predicted octanol–water partition coefficient (Wildman–Crippen LogP) is 3.66. The largest absolute Gasteiger partial charge is 0.452 e. The molecule has 0 unspecified atom stereocenters. The van der Waals surface area contributed by atoms with E-state index in [4.69, 9.17) is 16.3 Å². The zero-order valence-electron chi connectivity index (χ0n) is 15.1. The molecule has 1 aliphatic rings. The number of ether oxygens (including phenoxy) is 1. The number of nitrogens with one attached hydrogen (secondary N) is 1. The predicted molar refractivity (Wildman–Crippen MR) is 108 cm³/mol. The van der Waals surface area contributed by atoms with Crippen LogP contribution in [0, 0.1) is 0 Å². The van der Waals surface area contributed by atoms with Crippen molar-refractivity contribution in [2.24, 2.45) is 0 Å². The van der Waals surface area contributed by atoms with Crippen LogP contribution in [0.25, 0.3) is 6.08 Å². The maximum Gasteiger partial charge on any atom is 0.331 e. The first-order valence-electron chi connectivity index (χ1n) is 8.82. The van der Waals surface area contributed by atoms with E-state index in [0.717, 1.165) is 12.0 Å². The Morgan fingerprint density at radius 1 is 1.18 bits per heavy atom. The second-order valence-electron chi connectivity index (χ2n) is 6.21. The lowest BCUT2D eigenvalue weighted by Gasteiger charge is -2.19. The van der Waals surface area contributed by atoms with Gasteiger partial charge >= 0.3 is 5.97 Å². The number of nitrogens with zero attached hydrogens (tertiary/aromatic N) is 1. The Labute approximate surface area is 167 Å². The summed E-state index contributed by atoms with van der Waals surface area (Å²) in [6.45, 7) is 0.190. The monoisotopic (exact) mass is 398 g/mol. The Hall–Kier alpha value is -3.12. The van der Waals surface area contributed by atoms with Crippen LogP contribution >= 0.6 is 11.6 Å². The number of halogens is 1. The normalized spacial score (nSPS) is 13.8. The van der Waals surface area contributed by atoms with Crippen molar-refractivity contribution in [3.63, 3.8) is 0 Å². The van der Waals surface area contributed by atoms with E-state index in [1.807, 2.05) is 0 Å². The first-order chi connectivity index (χ1) is 13.5. The molecule has 0 saturated carbocycles. The van der Waals surface area contributed by atoms with Crippen LogP contribution in [-0.4, -0.2) is 30.9 Å². The molecule has 3 rings (SSSR count). The Morgan fingerprint density at radius 3 is 2.75 bits per heavy atom. The molecule has 144 valence electrons. The number of hydrogen-bond acceptors (Lipinski definition) is 4. The first-order valence-corrected chi connectivity index (χ1v) is 9.20. The van der Waals surface area contributed by atoms with Gasteiger partial charge in [-0.25, -0.2) is 4.79 Å². The van der Waals surface area contributed by atoms with Crippen molar-refractivity contribution < 1.29 is 19.1 Å². The highest BCUT2D eigenvalue weighted by Crippen LogP contribution is 2.29. The molecule has 0 aromatic heterocycles. The number of carbonyl (C=O) groups excluding carboxylic acids is 3. The fourth-order valence-electron chi connectivity index (χ4n) is 2.86. The van der Waals surface area contributed by atoms with Crippen LogP contribution in [-0.2, 0) is 19.1 Å². The number of anilines is 2. The minimum absolute atomic E-state index is 0.0271. The molecule has 1 aliphatic heterocycles. The maximum atomic E-state index is 12.2. The van der Waals surface area contributed by atoms with Crippen molar-refractivity contribution >= 4 is 46.8 Å². The summed E-state index contributed by atoms with van der Waals surface area (Å²) in [6.07, 6.45) is 4.08. The molecule has 1 heterocycles. The first kappa shape index (κ1) is 19.6. The molecule has 7 heteroatoms. The van der Waals surface area contributed by atoms with Crippen LogP contribution in [0.15, 0.2) is 54.6 Å². The van der Waals surface area contributed by atoms with Crippen LogP contribution in [0.5, 0.6) is 0 Å². The van der Waals surface area contributed by atoms with Crippen molar-refractivity contribution in [3.8, 4) is 0 Å². The quantitative estimate of drug-likeness (QED) is 0.595. The van der Waals surface area contributed by atoms with Gasteiger partial charge in [-0.3, -0.25) is 9.59 Å². The zero-order valence-corrected chi connectivity index (χ0v) is 15.8. The van der Waals surface area contributed by atoms with Gasteiger partial charge in [0.25, 0.3) is 5.91 Å². The van der Waals surface area contributed by atoms with Crippen LogP contribution < -0.4 is 10.2 Å². The summed E-state index contributed by atoms with van der Waals surface area (Å²) in [5.41, 5.74) is 1.90. The molecule has 1 N–H and O–H groups in total. The molecule has 6 nitrogen and oxygen atoms in total. The van der Waals surface area contributed by atoms with E-state index in [1.165, 1.54) is 6.08 Å². The van der Waals surface area contributed by atoms with Crippen LogP contribution in [0.4, 0.5) is 11.4 Å². The minimum atomic E-state index is -0.641. The standard InChI is InChI=1S/C21H19ClN2O4/c22-16-6-3-5-15(13-16)10-11-21(27)28-14-19(25)23-17-7-1-2-8-18(17)24-12-4-9-20(24)26/h1-3,5-8,10-11,13H,4,9,12,14H2,(H,23,25)/b11-10+. The topological polar surface area (TPSA) is 75.7 Å². The fourth-order valence-corrected chi connectivity index (χ4v) is 3.06. The number of para-hydroxylation sites is 2. The molecule has 2 aromatic carbocycles. The molecule has 0 radical (unpaired) electrons. The second kappa shape index (κ2) is 9.19. The van der Waals surface area contributed by atoms with E-state index in [1.54, 1.807) is 59.5 Å². The maximum absolute atomic E-state index is 12.2. The van der Waals surface area contributed by atoms with Crippen molar-refractivity contribution in [2.45, 2.75) is 12.8 Å². The summed E-state index contributed by atoms with van der Waals surface area (Å²) in [5, 5.41) is 3.25. The molecule has 0 atom stereocenters. The van der Waals surface area contributed by atoms with E-state index in [9.17, 15) is 14.4 Å². The van der Waals surface area contributed by atoms with Crippen molar-refractivity contribution in [1.82, 2.24) is 0 Å². The third kappa shape index (κ3) is 5.20. The summed E-state index contributed by atoms with van der Waals surface area (Å²) in [7, 11) is 0. The van der Waals surface area contributed by atoms with E-state index >= 15 is 0 Å². The molecule has 0 spiro atoms. The number of rotatable bonds is 6. The van der Waals surface area contributed by atoms with Gasteiger partial charge in [-0.05, 0) is 42.3 Å². The molecular weight excluding hydrogens is 380 g/mol. The lowest BCUT2D eigenvalue weighted by Crippen LogP contribution is -2.26. The molecule has 28 heavy (non-hydrogen) atoms. The van der Waals surface area contributed by atoms with Crippen LogP contribution in [0.2, 0.25) is 5.02 Å². The van der Waals surface area contributed by atoms with Crippen LogP contribution in [0.1, 0.15) is 18.4 Å². The summed E-state index contributed by atoms with van der Waals surface area (Å²) in [4.78, 5) is 37.6. The minimum Gasteiger partial charge on any atom is -0.452 e. The number of esters is 1. The lowest BCUT2D eigenvalue weighted by molar-refractivity contribution is -0.142. The van der Waals surface area contributed by atoms with E-state index in [2.05, 4.69) is 5.32 Å². The van der Waals surface area contributed by atoms with Gasteiger partial charge in [-0.1, -0.05) is 35.9 Å². The van der Waals surface area contributed by atoms with Gasteiger partial charge in [0.2, 0.25) is 5.91 Å². The summed E-state index contributed by atoms with van der Waals surface area (Å²) in [6, 6.07) is 14.0. The molecule has 1 fully saturated rings. The average molecular weight is 399 g/mol. The number of hydrogen-bond donors (Lipinski definition) is 1. The van der Waals surface area contributed by atoms with Gasteiger partial charge in [0.15, 0.2) is 6.61 Å². The van der Waals surface area contributed by atoms with E-state index in [0.29, 0.717) is 29.4 Å². The van der Waals surface area contributed by atoms with Crippen molar-refractivity contribution in [1.29, 1.82) is 0 Å². The third-order valence-electron chi connectivity index (χ3n) is 4.15. The van der Waals surface area contributed by atoms with Gasteiger partial charge < -0.3 is 15.0 Å². The average Bonchev–Trinajstić information content (AvgIpc) is 3.11. The highest BCUT2D eigenvalue weighted by Gasteiger charge is 2.24. The number of carbonyl (C=O) groups is 3. The Balaban J connectivity index is 1.55. The zero-order chi connectivity index (χ0) is 19.9. The van der Waals surface area contributed by atoms with Crippen LogP contribution in [0.3, 0.4) is 0 Å². The SMILES string of the molecule is O=C(COC(=O)/C=C/c1cccc(Cl)c1)Nc1ccccc1N1CCCC1=O. The lowest BCUT2D eigenvalue weighted by atomic mass is 10.2. The highest BCUT2D eigenvalue weighted by molar-refractivity contribution is 6.30. The van der Waals surface area contributed by atoms with Gasteiger partial charge in [-0.2, -0.15) is 0 Å². The number of amides is 2. The molecule has 0 aliphatic carbocycles. The molecule has 1 saturated heterocycles. The molecule has 0 bridgehead atoms. The van der Waals surface area contributed by atoms with Gasteiger partial charge in [-0.15, -0.1) is 0 Å².